The second-order valence-corrected chi connectivity index (χ2v) is 3.55. The third-order valence-electron chi connectivity index (χ3n) is 2.76. The minimum absolute atomic E-state index is 0.475. The van der Waals surface area contributed by atoms with E-state index in [0.717, 1.165) is 35.7 Å². The van der Waals surface area contributed by atoms with E-state index >= 15 is 0 Å². The van der Waals surface area contributed by atoms with Crippen LogP contribution in [0.4, 0.5) is 0 Å². The monoisotopic (exact) mass is 201 g/mol. The van der Waals surface area contributed by atoms with Gasteiger partial charge in [0.1, 0.15) is 12.2 Å². The lowest BCUT2D eigenvalue weighted by atomic mass is 10.1. The Balaban J connectivity index is 2.22. The van der Waals surface area contributed by atoms with Crippen molar-refractivity contribution in [2.75, 3.05) is 0 Å². The maximum atomic E-state index is 5.62. The molecule has 0 aromatic carbocycles. The van der Waals surface area contributed by atoms with E-state index in [9.17, 15) is 0 Å². The van der Waals surface area contributed by atoms with Crippen molar-refractivity contribution in [1.29, 1.82) is 0 Å². The summed E-state index contributed by atoms with van der Waals surface area (Å²) in [5, 5.41) is 0. The van der Waals surface area contributed by atoms with Crippen molar-refractivity contribution in [3.63, 3.8) is 0 Å². The molecule has 3 rings (SSSR count). The van der Waals surface area contributed by atoms with Crippen LogP contribution >= 0.6 is 0 Å². The summed E-state index contributed by atoms with van der Waals surface area (Å²) >= 11 is 0. The Morgan fingerprint density at radius 3 is 3.13 bits per heavy atom. The van der Waals surface area contributed by atoms with Crippen LogP contribution in [0, 0.1) is 0 Å². The highest BCUT2D eigenvalue weighted by Crippen LogP contribution is 2.27. The molecule has 0 saturated heterocycles. The third kappa shape index (κ3) is 1.16. The standard InChI is InChI=1S/C10H11N5/c11-3-10-13-5-9-7-4-12-6-14-8(7)1-2-15(9)10/h4-6H,1-3,11H2. The van der Waals surface area contributed by atoms with Gasteiger partial charge in [0.15, 0.2) is 0 Å². The summed E-state index contributed by atoms with van der Waals surface area (Å²) in [5.41, 5.74) is 8.88. The third-order valence-corrected chi connectivity index (χ3v) is 2.76. The lowest BCUT2D eigenvalue weighted by molar-refractivity contribution is 0.632. The number of hydrogen-bond acceptors (Lipinski definition) is 4. The predicted molar refractivity (Wildman–Crippen MR) is 54.8 cm³/mol. The molecule has 1 aliphatic rings. The number of aryl methyl sites for hydroxylation is 1. The number of aromatic nitrogens is 4. The fraction of sp³-hybridized carbons (Fsp3) is 0.300. The summed E-state index contributed by atoms with van der Waals surface area (Å²) in [6.45, 7) is 1.38. The van der Waals surface area contributed by atoms with Crippen molar-refractivity contribution in [1.82, 2.24) is 19.5 Å². The van der Waals surface area contributed by atoms with Gasteiger partial charge in [-0.2, -0.15) is 0 Å². The molecule has 0 unspecified atom stereocenters. The number of nitrogens with zero attached hydrogens (tertiary/aromatic N) is 4. The summed E-state index contributed by atoms with van der Waals surface area (Å²) < 4.78 is 2.14. The van der Waals surface area contributed by atoms with Gasteiger partial charge in [-0.3, -0.25) is 0 Å². The quantitative estimate of drug-likeness (QED) is 0.723. The van der Waals surface area contributed by atoms with E-state index in [4.69, 9.17) is 5.73 Å². The minimum atomic E-state index is 0.475. The molecule has 3 heterocycles. The van der Waals surface area contributed by atoms with Crippen LogP contribution in [-0.2, 0) is 19.5 Å². The summed E-state index contributed by atoms with van der Waals surface area (Å²) in [6.07, 6.45) is 6.21. The Bertz CT molecular complexity index is 502. The lowest BCUT2D eigenvalue weighted by Crippen LogP contribution is -2.16. The van der Waals surface area contributed by atoms with Crippen LogP contribution in [0.2, 0.25) is 0 Å². The number of hydrogen-bond donors (Lipinski definition) is 1. The van der Waals surface area contributed by atoms with Crippen LogP contribution in [0.3, 0.4) is 0 Å². The minimum Gasteiger partial charge on any atom is -0.326 e. The number of imidazole rings is 1. The maximum absolute atomic E-state index is 5.62. The second kappa shape index (κ2) is 3.13. The van der Waals surface area contributed by atoms with Gasteiger partial charge in [-0.25, -0.2) is 15.0 Å². The number of rotatable bonds is 1. The molecule has 0 amide bonds. The smallest absolute Gasteiger partial charge is 0.122 e. The molecule has 2 aromatic rings. The average Bonchev–Trinajstić information content (AvgIpc) is 2.72. The number of fused-ring (bicyclic) bond motifs is 3. The van der Waals surface area contributed by atoms with Gasteiger partial charge in [-0.05, 0) is 0 Å². The molecule has 0 spiro atoms. The molecule has 0 atom stereocenters. The second-order valence-electron chi connectivity index (χ2n) is 3.55. The molecule has 0 bridgehead atoms. The first-order valence-corrected chi connectivity index (χ1v) is 4.94. The summed E-state index contributed by atoms with van der Waals surface area (Å²) in [4.78, 5) is 12.6. The van der Waals surface area contributed by atoms with Gasteiger partial charge in [0.2, 0.25) is 0 Å². The average molecular weight is 201 g/mol. The lowest BCUT2D eigenvalue weighted by Gasteiger charge is -2.18. The van der Waals surface area contributed by atoms with Crippen molar-refractivity contribution < 1.29 is 0 Å². The molecule has 5 nitrogen and oxygen atoms in total. The van der Waals surface area contributed by atoms with Crippen molar-refractivity contribution >= 4 is 0 Å². The molecular weight excluding hydrogens is 190 g/mol. The Hall–Kier alpha value is -1.75. The normalized spacial score (nSPS) is 13.4. The van der Waals surface area contributed by atoms with E-state index < -0.39 is 0 Å². The summed E-state index contributed by atoms with van der Waals surface area (Å²) in [5.74, 6) is 0.930. The predicted octanol–water partition coefficient (Wildman–Crippen LogP) is 0.355. The topological polar surface area (TPSA) is 69.6 Å². The van der Waals surface area contributed by atoms with Gasteiger partial charge < -0.3 is 10.3 Å². The molecule has 2 aromatic heterocycles. The molecule has 0 radical (unpaired) electrons. The molecule has 0 aliphatic carbocycles. The van der Waals surface area contributed by atoms with Crippen molar-refractivity contribution in [2.45, 2.75) is 19.5 Å². The van der Waals surface area contributed by atoms with Crippen molar-refractivity contribution in [3.05, 3.63) is 30.2 Å². The zero-order chi connectivity index (χ0) is 10.3. The highest BCUT2D eigenvalue weighted by atomic mass is 15.1. The van der Waals surface area contributed by atoms with Gasteiger partial charge in [0.25, 0.3) is 0 Å². The molecule has 76 valence electrons. The van der Waals surface area contributed by atoms with Gasteiger partial charge in [0, 0.05) is 24.7 Å². The summed E-state index contributed by atoms with van der Waals surface area (Å²) in [6, 6.07) is 0. The molecule has 5 heteroatoms. The van der Waals surface area contributed by atoms with E-state index in [1.54, 1.807) is 6.33 Å². The van der Waals surface area contributed by atoms with Crippen molar-refractivity contribution in [3.8, 4) is 11.3 Å². The van der Waals surface area contributed by atoms with E-state index in [2.05, 4.69) is 19.5 Å². The molecular formula is C10H11N5. The zero-order valence-corrected chi connectivity index (χ0v) is 8.22. The fourth-order valence-corrected chi connectivity index (χ4v) is 2.03. The van der Waals surface area contributed by atoms with Crippen LogP contribution in [0.15, 0.2) is 18.7 Å². The first-order valence-electron chi connectivity index (χ1n) is 4.94. The first kappa shape index (κ1) is 8.55. The maximum Gasteiger partial charge on any atom is 0.122 e. The fourth-order valence-electron chi connectivity index (χ4n) is 2.03. The summed E-state index contributed by atoms with van der Waals surface area (Å²) in [7, 11) is 0. The largest absolute Gasteiger partial charge is 0.326 e. The van der Waals surface area contributed by atoms with Crippen LogP contribution in [0.5, 0.6) is 0 Å². The molecule has 0 fully saturated rings. The van der Waals surface area contributed by atoms with E-state index in [-0.39, 0.29) is 0 Å². The molecule has 1 aliphatic heterocycles. The van der Waals surface area contributed by atoms with Gasteiger partial charge in [-0.1, -0.05) is 0 Å². The highest BCUT2D eigenvalue weighted by Gasteiger charge is 2.19. The number of nitrogens with two attached hydrogens (primary N) is 1. The first-order chi connectivity index (χ1) is 7.40. The van der Waals surface area contributed by atoms with Crippen LogP contribution in [0.1, 0.15) is 11.5 Å². The molecule has 0 saturated carbocycles. The van der Waals surface area contributed by atoms with E-state index in [0.29, 0.717) is 6.54 Å². The van der Waals surface area contributed by atoms with Gasteiger partial charge in [-0.15, -0.1) is 0 Å². The van der Waals surface area contributed by atoms with E-state index in [1.165, 1.54) is 0 Å². The van der Waals surface area contributed by atoms with Gasteiger partial charge in [0.05, 0.1) is 24.1 Å². The van der Waals surface area contributed by atoms with Crippen molar-refractivity contribution in [2.24, 2.45) is 5.73 Å². The SMILES string of the molecule is NCc1ncc2n1CCc1ncncc1-2. The van der Waals surface area contributed by atoms with E-state index in [1.807, 2.05) is 12.4 Å². The highest BCUT2D eigenvalue weighted by molar-refractivity contribution is 5.62. The Labute approximate surface area is 87.0 Å². The van der Waals surface area contributed by atoms with Crippen LogP contribution < -0.4 is 5.73 Å². The van der Waals surface area contributed by atoms with Crippen LogP contribution in [-0.4, -0.2) is 19.5 Å². The molecule has 2 N–H and O–H groups in total. The van der Waals surface area contributed by atoms with Gasteiger partial charge >= 0.3 is 0 Å². The zero-order valence-electron chi connectivity index (χ0n) is 8.22. The Morgan fingerprint density at radius 1 is 1.33 bits per heavy atom. The Morgan fingerprint density at radius 2 is 2.27 bits per heavy atom. The Kier molecular flexibility index (Phi) is 1.78. The molecule has 15 heavy (non-hydrogen) atoms. The van der Waals surface area contributed by atoms with Crippen LogP contribution in [0.25, 0.3) is 11.3 Å².